The van der Waals surface area contributed by atoms with Gasteiger partial charge in [0.05, 0.1) is 11.3 Å². The minimum Gasteiger partial charge on any atom is -0.457 e. The molecule has 2 unspecified atom stereocenters. The Labute approximate surface area is 422 Å². The molecule has 0 bridgehead atoms. The molecule has 12 nitrogen and oxygen atoms in total. The first-order valence-corrected chi connectivity index (χ1v) is 26.2. The van der Waals surface area contributed by atoms with Crippen molar-refractivity contribution in [2.75, 3.05) is 16.8 Å². The van der Waals surface area contributed by atoms with E-state index in [2.05, 4.69) is 57.2 Å². The second-order valence-corrected chi connectivity index (χ2v) is 21.8. The Hall–Kier alpha value is -6.85. The van der Waals surface area contributed by atoms with E-state index in [0.717, 1.165) is 43.2 Å². The smallest absolute Gasteiger partial charge is 0.356 e. The van der Waals surface area contributed by atoms with Crippen LogP contribution in [0.25, 0.3) is 5.57 Å². The lowest BCUT2D eigenvalue weighted by Gasteiger charge is -2.49. The van der Waals surface area contributed by atoms with Gasteiger partial charge in [-0.15, -0.1) is 33.3 Å². The van der Waals surface area contributed by atoms with Crippen LogP contribution < -0.4 is 10.6 Å². The Morgan fingerprint density at radius 1 is 0.800 bits per heavy atom. The van der Waals surface area contributed by atoms with Crippen molar-refractivity contribution < 1.29 is 28.7 Å². The van der Waals surface area contributed by atoms with Crippen molar-refractivity contribution in [3.63, 3.8) is 0 Å². The first-order chi connectivity index (χ1) is 33.9. The molecule has 1 saturated heterocycles. The summed E-state index contributed by atoms with van der Waals surface area (Å²) in [5, 5.41) is 17.4. The van der Waals surface area contributed by atoms with Crippen LogP contribution in [0.3, 0.4) is 0 Å². The third-order valence-electron chi connectivity index (χ3n) is 11.4. The lowest BCUT2D eigenvalue weighted by atomic mass is 9.77. The fourth-order valence-electron chi connectivity index (χ4n) is 8.34. The van der Waals surface area contributed by atoms with Gasteiger partial charge in [0.2, 0.25) is 0 Å². The molecular weight excluding hydrogens is 957 g/mol. The topological polar surface area (TPSA) is 153 Å². The van der Waals surface area contributed by atoms with Gasteiger partial charge >= 0.3 is 11.9 Å². The molecule has 2 aliphatic rings. The Balaban J connectivity index is 1.03. The van der Waals surface area contributed by atoms with Gasteiger partial charge in [-0.05, 0) is 61.1 Å². The molecule has 2 aliphatic heterocycles. The summed E-state index contributed by atoms with van der Waals surface area (Å²) in [4.78, 5) is 63.8. The van der Waals surface area contributed by atoms with E-state index in [1.807, 2.05) is 122 Å². The number of aromatic nitrogens is 3. The number of ether oxygens (including phenoxy) is 2. The van der Waals surface area contributed by atoms with Crippen LogP contribution in [0.4, 0.5) is 5.13 Å². The van der Waals surface area contributed by atoms with Crippen LogP contribution in [0.1, 0.15) is 65.4 Å². The molecule has 0 spiro atoms. The highest BCUT2D eigenvalue weighted by Gasteiger charge is 2.55. The number of aryl methyl sites for hydroxylation is 1. The maximum atomic E-state index is 14.7. The lowest BCUT2D eigenvalue weighted by Crippen LogP contribution is -2.70. The molecule has 0 aliphatic carbocycles. The molecule has 16 heteroatoms. The van der Waals surface area contributed by atoms with E-state index < -0.39 is 52.4 Å². The van der Waals surface area contributed by atoms with Gasteiger partial charge in [-0.1, -0.05) is 175 Å². The van der Waals surface area contributed by atoms with Gasteiger partial charge in [0, 0.05) is 23.0 Å². The number of benzene rings is 5. The molecule has 70 heavy (non-hydrogen) atoms. The van der Waals surface area contributed by atoms with Crippen LogP contribution in [0.2, 0.25) is 0 Å². The second-order valence-electron chi connectivity index (χ2n) is 17.4. The fourth-order valence-corrected chi connectivity index (χ4v) is 12.4. The number of β-lactam (4-membered cyclic amide) rings is 1. The highest BCUT2D eigenvalue weighted by Crippen LogP contribution is 2.44. The van der Waals surface area contributed by atoms with E-state index in [1.165, 1.54) is 51.1 Å². The summed E-state index contributed by atoms with van der Waals surface area (Å²) in [7, 11) is 0. The van der Waals surface area contributed by atoms with Crippen LogP contribution >= 0.6 is 46.2 Å². The molecule has 7 aromatic rings. The first-order valence-electron chi connectivity index (χ1n) is 22.4. The summed E-state index contributed by atoms with van der Waals surface area (Å²) in [6.45, 7) is 7.09. The molecule has 0 radical (unpaired) electrons. The number of nitrogens with zero attached hydrogens (tertiary/aromatic N) is 4. The number of carbonyl (C=O) groups excluding carboxylic acids is 4. The van der Waals surface area contributed by atoms with Crippen molar-refractivity contribution in [1.82, 2.24) is 25.4 Å². The predicted octanol–water partition coefficient (Wildman–Crippen LogP) is 10.2. The number of hydrogen-bond donors (Lipinski definition) is 2. The quantitative estimate of drug-likeness (QED) is 0.0312. The zero-order valence-electron chi connectivity index (χ0n) is 38.6. The zero-order valence-corrected chi connectivity index (χ0v) is 41.9. The minimum absolute atomic E-state index is 0.0940. The van der Waals surface area contributed by atoms with Crippen molar-refractivity contribution in [3.05, 3.63) is 213 Å². The average molecular weight is 1010 g/mol. The van der Waals surface area contributed by atoms with Gasteiger partial charge < -0.3 is 20.1 Å². The molecule has 9 rings (SSSR count). The summed E-state index contributed by atoms with van der Waals surface area (Å²) in [6.07, 6.45) is 0.353. The maximum Gasteiger partial charge on any atom is 0.356 e. The third-order valence-corrected chi connectivity index (χ3v) is 15.6. The standard InChI is InChI=1S/C54H48N6O6S4/c1-34-58-59-52(70-34)69-32-37-31-67-49-44(48(63)60(49)45(37)50(64)65-46(35-20-10-5-11-21-35)36-22-12-6-13-23-36)56-47(62)41(30-43(61)66-53(2,3)4)42-33-68-51(55-42)57-54(38-24-14-7-15-25-38,39-26-16-8-17-27-39)40-28-18-9-19-29-40/h5-30,33,44,46,49H,31-32H2,1-4H3,(H,55,57)(H,56,62)/b41-30-. The Morgan fingerprint density at radius 2 is 1.34 bits per heavy atom. The fraction of sp³-hybridized carbons (Fsp3) is 0.204. The number of fused-ring (bicyclic) bond motifs is 1. The lowest BCUT2D eigenvalue weighted by molar-refractivity contribution is -0.154. The number of amides is 2. The number of hydrogen-bond acceptors (Lipinski definition) is 14. The van der Waals surface area contributed by atoms with E-state index in [1.54, 1.807) is 26.2 Å². The second kappa shape index (κ2) is 21.0. The van der Waals surface area contributed by atoms with Gasteiger partial charge in [-0.2, -0.15) is 0 Å². The summed E-state index contributed by atoms with van der Waals surface area (Å²) < 4.78 is 12.8. The van der Waals surface area contributed by atoms with Crippen molar-refractivity contribution in [3.8, 4) is 0 Å². The van der Waals surface area contributed by atoms with Crippen molar-refractivity contribution in [1.29, 1.82) is 0 Å². The summed E-state index contributed by atoms with van der Waals surface area (Å²) >= 11 is 5.57. The van der Waals surface area contributed by atoms with Crippen molar-refractivity contribution in [2.45, 2.75) is 60.7 Å². The maximum absolute atomic E-state index is 14.7. The van der Waals surface area contributed by atoms with E-state index in [4.69, 9.17) is 14.5 Å². The predicted molar refractivity (Wildman–Crippen MR) is 277 cm³/mol. The summed E-state index contributed by atoms with van der Waals surface area (Å²) in [6, 6.07) is 47.9. The number of rotatable bonds is 16. The Kier molecular flexibility index (Phi) is 14.5. The third kappa shape index (κ3) is 10.5. The van der Waals surface area contributed by atoms with Crippen LogP contribution in [0.15, 0.2) is 179 Å². The molecule has 1 fully saturated rings. The van der Waals surface area contributed by atoms with Gasteiger partial charge in [-0.25, -0.2) is 14.6 Å². The van der Waals surface area contributed by atoms with Crippen LogP contribution in [-0.4, -0.2) is 72.4 Å². The normalized spacial score (nSPS) is 16.0. The highest BCUT2D eigenvalue weighted by molar-refractivity contribution is 8.01. The van der Waals surface area contributed by atoms with Gasteiger partial charge in [0.25, 0.3) is 11.8 Å². The molecule has 2 atom stereocenters. The Morgan fingerprint density at radius 3 is 1.86 bits per heavy atom. The number of thiazole rings is 1. The number of nitrogens with one attached hydrogen (secondary N) is 2. The van der Waals surface area contributed by atoms with Crippen LogP contribution in [0.5, 0.6) is 0 Å². The van der Waals surface area contributed by atoms with E-state index >= 15 is 0 Å². The van der Waals surface area contributed by atoms with Gasteiger partial charge in [-0.3, -0.25) is 14.5 Å². The summed E-state index contributed by atoms with van der Waals surface area (Å²) in [5.41, 5.74) is 3.52. The molecule has 2 amide bonds. The van der Waals surface area contributed by atoms with Gasteiger partial charge in [0.1, 0.15) is 33.3 Å². The Bertz CT molecular complexity index is 2920. The van der Waals surface area contributed by atoms with Crippen molar-refractivity contribution in [2.24, 2.45) is 0 Å². The average Bonchev–Trinajstić information content (AvgIpc) is 4.03. The largest absolute Gasteiger partial charge is 0.457 e. The first kappa shape index (κ1) is 48.2. The molecule has 354 valence electrons. The molecule has 2 aromatic heterocycles. The van der Waals surface area contributed by atoms with E-state index in [0.29, 0.717) is 22.2 Å². The number of esters is 2. The number of anilines is 1. The van der Waals surface area contributed by atoms with E-state index in [9.17, 15) is 19.2 Å². The molecule has 4 heterocycles. The van der Waals surface area contributed by atoms with Crippen molar-refractivity contribution >= 4 is 80.7 Å². The monoisotopic (exact) mass is 1000 g/mol. The molecular formula is C54H48N6O6S4. The molecule has 5 aromatic carbocycles. The van der Waals surface area contributed by atoms with Crippen LogP contribution in [0, 0.1) is 6.92 Å². The van der Waals surface area contributed by atoms with Crippen LogP contribution in [-0.2, 0) is 34.2 Å². The molecule has 2 N–H and O–H groups in total. The number of carbonyl (C=O) groups is 4. The molecule has 0 saturated carbocycles. The minimum atomic E-state index is -1.06. The highest BCUT2D eigenvalue weighted by atomic mass is 32.2. The van der Waals surface area contributed by atoms with Gasteiger partial charge in [0.15, 0.2) is 15.6 Å². The van der Waals surface area contributed by atoms with E-state index in [-0.39, 0.29) is 17.0 Å². The SMILES string of the molecule is Cc1nnc(SCC2=C(C(=O)OC(c3ccccc3)c3ccccc3)N3C(=O)C(NC(=O)/C(=C\C(=O)OC(C)(C)C)c4csc(NC(c5ccccc5)(c5ccccc5)c5ccccc5)n4)C3SC2)s1. The number of thioether (sulfide) groups is 2. The summed E-state index contributed by atoms with van der Waals surface area (Å²) in [5.74, 6) is -1.92. The zero-order chi connectivity index (χ0) is 48.8.